The van der Waals surface area contributed by atoms with Gasteiger partial charge in [0.25, 0.3) is 5.56 Å². The second-order valence-corrected chi connectivity index (χ2v) is 8.98. The fourth-order valence-electron chi connectivity index (χ4n) is 4.69. The Morgan fingerprint density at radius 3 is 2.31 bits per heavy atom. The number of aryl methyl sites for hydroxylation is 1. The fraction of sp³-hybridized carbons (Fsp3) is 0.522. The van der Waals surface area contributed by atoms with Crippen molar-refractivity contribution >= 4 is 11.2 Å². The third-order valence-electron chi connectivity index (χ3n) is 6.67. The van der Waals surface area contributed by atoms with Gasteiger partial charge in [0.15, 0.2) is 16.8 Å². The number of aliphatic hydroxyl groups excluding tert-OH is 1. The zero-order chi connectivity index (χ0) is 25.5. The average molecular weight is 500 g/mol. The first-order chi connectivity index (χ1) is 16.5. The monoisotopic (exact) mass is 500 g/mol. The molecule has 1 fully saturated rings. The van der Waals surface area contributed by atoms with E-state index >= 15 is 4.39 Å². The van der Waals surface area contributed by atoms with E-state index < -0.39 is 60.5 Å². The van der Waals surface area contributed by atoms with Gasteiger partial charge in [0, 0.05) is 26.7 Å². The van der Waals surface area contributed by atoms with E-state index in [1.807, 2.05) is 0 Å². The van der Waals surface area contributed by atoms with Crippen LogP contribution in [0.1, 0.15) is 43.5 Å². The summed E-state index contributed by atoms with van der Waals surface area (Å²) in [4.78, 5) is 30.4. The van der Waals surface area contributed by atoms with Gasteiger partial charge in [-0.25, -0.2) is 18.6 Å². The van der Waals surface area contributed by atoms with Crippen LogP contribution in [0.5, 0.6) is 0 Å². The zero-order valence-electron chi connectivity index (χ0n) is 19.0. The van der Waals surface area contributed by atoms with Crippen LogP contribution in [-0.4, -0.2) is 36.6 Å². The minimum atomic E-state index is -4.43. The molecule has 190 valence electrons. The standard InChI is InChI=1S/C23H25F5N4O3/c1-30-18-17(19(34)31(21(30)35)11-2-12-33)32(13-14-3-5-16(24)6-4-14)20(29-18)22(25)9-7-15(8-10-22)23(26,27)28/h3-6,15,33H,2,7-13H2,1H3. The largest absolute Gasteiger partial charge is 0.396 e. The molecule has 0 aliphatic heterocycles. The van der Waals surface area contributed by atoms with Crippen LogP contribution in [0.2, 0.25) is 0 Å². The predicted molar refractivity (Wildman–Crippen MR) is 117 cm³/mol. The van der Waals surface area contributed by atoms with Crippen molar-refractivity contribution in [3.63, 3.8) is 0 Å². The van der Waals surface area contributed by atoms with Crippen LogP contribution in [-0.2, 0) is 25.8 Å². The van der Waals surface area contributed by atoms with Crippen molar-refractivity contribution in [1.82, 2.24) is 18.7 Å². The molecule has 1 aliphatic carbocycles. The summed E-state index contributed by atoms with van der Waals surface area (Å²) in [5.74, 6) is -2.35. The summed E-state index contributed by atoms with van der Waals surface area (Å²) >= 11 is 0. The molecule has 0 radical (unpaired) electrons. The molecule has 7 nitrogen and oxygen atoms in total. The van der Waals surface area contributed by atoms with Gasteiger partial charge in [0.05, 0.1) is 5.92 Å². The second kappa shape index (κ2) is 9.21. The highest BCUT2D eigenvalue weighted by atomic mass is 19.4. The predicted octanol–water partition coefficient (Wildman–Crippen LogP) is 3.38. The molecule has 2 heterocycles. The number of aliphatic hydroxyl groups is 1. The highest BCUT2D eigenvalue weighted by molar-refractivity contribution is 5.71. The number of rotatable bonds is 6. The molecule has 35 heavy (non-hydrogen) atoms. The molecule has 4 rings (SSSR count). The van der Waals surface area contributed by atoms with E-state index in [9.17, 15) is 27.2 Å². The van der Waals surface area contributed by atoms with Crippen LogP contribution in [0.4, 0.5) is 22.0 Å². The normalized spacial score (nSPS) is 21.1. The third-order valence-corrected chi connectivity index (χ3v) is 6.67. The van der Waals surface area contributed by atoms with E-state index in [0.717, 1.165) is 9.13 Å². The first-order valence-corrected chi connectivity index (χ1v) is 11.3. The van der Waals surface area contributed by atoms with E-state index in [1.54, 1.807) is 0 Å². The van der Waals surface area contributed by atoms with Gasteiger partial charge in [-0.1, -0.05) is 12.1 Å². The first kappa shape index (κ1) is 25.1. The zero-order valence-corrected chi connectivity index (χ0v) is 19.0. The van der Waals surface area contributed by atoms with Gasteiger partial charge in [-0.3, -0.25) is 13.9 Å². The molecule has 1 aromatic carbocycles. The van der Waals surface area contributed by atoms with Crippen molar-refractivity contribution in [1.29, 1.82) is 0 Å². The van der Waals surface area contributed by atoms with Crippen molar-refractivity contribution in [2.24, 2.45) is 13.0 Å². The molecule has 0 amide bonds. The summed E-state index contributed by atoms with van der Waals surface area (Å²) < 4.78 is 72.5. The van der Waals surface area contributed by atoms with Gasteiger partial charge in [-0.2, -0.15) is 13.2 Å². The van der Waals surface area contributed by atoms with Gasteiger partial charge in [-0.15, -0.1) is 0 Å². The Balaban J connectivity index is 1.90. The van der Waals surface area contributed by atoms with Crippen molar-refractivity contribution < 1.29 is 27.1 Å². The quantitative estimate of drug-likeness (QED) is 0.527. The molecular weight excluding hydrogens is 475 g/mol. The molecule has 1 saturated carbocycles. The Bertz CT molecular complexity index is 1330. The lowest BCUT2D eigenvalue weighted by Gasteiger charge is -2.34. The fourth-order valence-corrected chi connectivity index (χ4v) is 4.69. The van der Waals surface area contributed by atoms with Crippen molar-refractivity contribution in [3.8, 4) is 0 Å². The molecule has 0 atom stereocenters. The topological polar surface area (TPSA) is 82.0 Å². The number of aromatic nitrogens is 4. The number of fused-ring (bicyclic) bond motifs is 1. The van der Waals surface area contributed by atoms with Gasteiger partial charge in [-0.05, 0) is 49.8 Å². The van der Waals surface area contributed by atoms with Gasteiger partial charge < -0.3 is 9.67 Å². The summed E-state index contributed by atoms with van der Waals surface area (Å²) in [6, 6.07) is 5.29. The SMILES string of the molecule is Cn1c(=O)n(CCCO)c(=O)c2c1nc(C1(F)CCC(C(F)(F)F)CC1)n2Cc1ccc(F)cc1. The van der Waals surface area contributed by atoms with Crippen LogP contribution >= 0.6 is 0 Å². The lowest BCUT2D eigenvalue weighted by molar-refractivity contribution is -0.189. The number of alkyl halides is 4. The Hall–Kier alpha value is -3.02. The minimum Gasteiger partial charge on any atom is -0.396 e. The summed E-state index contributed by atoms with van der Waals surface area (Å²) in [5.41, 5.74) is -3.37. The lowest BCUT2D eigenvalue weighted by Crippen LogP contribution is -2.40. The summed E-state index contributed by atoms with van der Waals surface area (Å²) in [6.07, 6.45) is -6.06. The highest BCUT2D eigenvalue weighted by Gasteiger charge is 2.49. The van der Waals surface area contributed by atoms with Crippen LogP contribution in [0.3, 0.4) is 0 Å². The van der Waals surface area contributed by atoms with E-state index in [0.29, 0.717) is 5.56 Å². The summed E-state index contributed by atoms with van der Waals surface area (Å²) in [6.45, 7) is -0.446. The molecule has 2 aromatic heterocycles. The molecule has 0 spiro atoms. The lowest BCUT2D eigenvalue weighted by atomic mass is 9.79. The van der Waals surface area contributed by atoms with E-state index in [4.69, 9.17) is 5.11 Å². The van der Waals surface area contributed by atoms with Crippen molar-refractivity contribution in [2.45, 2.75) is 57.0 Å². The van der Waals surface area contributed by atoms with Gasteiger partial charge in [0.2, 0.25) is 0 Å². The Labute approximate surface area is 196 Å². The third kappa shape index (κ3) is 4.63. The molecule has 0 bridgehead atoms. The molecule has 12 heteroatoms. The number of imidazole rings is 1. The van der Waals surface area contributed by atoms with Gasteiger partial charge >= 0.3 is 11.9 Å². The van der Waals surface area contributed by atoms with Crippen LogP contribution in [0.25, 0.3) is 11.2 Å². The van der Waals surface area contributed by atoms with Crippen LogP contribution in [0, 0.1) is 11.7 Å². The molecule has 3 aromatic rings. The maximum Gasteiger partial charge on any atom is 0.391 e. The highest BCUT2D eigenvalue weighted by Crippen LogP contribution is 2.47. The molecule has 1 N–H and O–H groups in total. The van der Waals surface area contributed by atoms with E-state index in [-0.39, 0.29) is 43.1 Å². The average Bonchev–Trinajstić information content (AvgIpc) is 3.19. The molecule has 1 aliphatic rings. The van der Waals surface area contributed by atoms with E-state index in [1.165, 1.54) is 35.9 Å². The van der Waals surface area contributed by atoms with Crippen LogP contribution in [0.15, 0.2) is 33.9 Å². The van der Waals surface area contributed by atoms with Crippen molar-refractivity contribution in [2.75, 3.05) is 6.61 Å². The molecule has 0 unspecified atom stereocenters. The number of nitrogens with zero attached hydrogens (tertiary/aromatic N) is 4. The number of hydrogen-bond donors (Lipinski definition) is 1. The van der Waals surface area contributed by atoms with Crippen LogP contribution < -0.4 is 11.2 Å². The molecular formula is C23H25F5N4O3. The smallest absolute Gasteiger partial charge is 0.391 e. The summed E-state index contributed by atoms with van der Waals surface area (Å²) in [7, 11) is 1.37. The second-order valence-electron chi connectivity index (χ2n) is 8.98. The van der Waals surface area contributed by atoms with Gasteiger partial charge in [0.1, 0.15) is 11.6 Å². The summed E-state index contributed by atoms with van der Waals surface area (Å²) in [5, 5.41) is 9.15. The Kier molecular flexibility index (Phi) is 6.60. The Morgan fingerprint density at radius 2 is 1.74 bits per heavy atom. The maximum absolute atomic E-state index is 16.3. The maximum atomic E-state index is 16.3. The van der Waals surface area contributed by atoms with Crippen molar-refractivity contribution in [3.05, 3.63) is 62.3 Å². The Morgan fingerprint density at radius 1 is 1.11 bits per heavy atom. The molecule has 0 saturated heterocycles. The minimum absolute atomic E-state index is 0.0803. The first-order valence-electron chi connectivity index (χ1n) is 11.3. The van der Waals surface area contributed by atoms with E-state index in [2.05, 4.69) is 4.98 Å². The number of halogens is 5. The number of benzene rings is 1. The number of hydrogen-bond acceptors (Lipinski definition) is 4.